The molecule has 2 N–H and O–H groups in total. The number of urea groups is 1. The molecule has 1 atom stereocenters. The molecule has 3 aromatic rings. The van der Waals surface area contributed by atoms with Crippen LogP contribution >= 0.6 is 23.1 Å². The van der Waals surface area contributed by atoms with Crippen LogP contribution in [0.25, 0.3) is 11.2 Å². The van der Waals surface area contributed by atoms with Gasteiger partial charge in [-0.05, 0) is 24.6 Å². The SMILES string of the molecule is Cn1c(=O)c2c(nc(Sc3nnc(NC(=O)NCC4CCCO4)s3)n2C)n(C)c1=O. The zero-order valence-electron chi connectivity index (χ0n) is 16.5. The first-order valence-corrected chi connectivity index (χ1v) is 10.8. The Hall–Kier alpha value is -2.71. The number of aryl methyl sites for hydroxylation is 2. The highest BCUT2D eigenvalue weighted by atomic mass is 32.2. The van der Waals surface area contributed by atoms with E-state index in [0.29, 0.717) is 32.3 Å². The van der Waals surface area contributed by atoms with Gasteiger partial charge in [-0.1, -0.05) is 11.3 Å². The van der Waals surface area contributed by atoms with Crippen LogP contribution in [0.4, 0.5) is 9.93 Å². The lowest BCUT2D eigenvalue weighted by atomic mass is 10.2. The number of aromatic nitrogens is 6. The third kappa shape index (κ3) is 3.85. The van der Waals surface area contributed by atoms with E-state index >= 15 is 0 Å². The maximum atomic E-state index is 12.5. The van der Waals surface area contributed by atoms with Crippen LogP contribution in [0, 0.1) is 0 Å². The van der Waals surface area contributed by atoms with Gasteiger partial charge >= 0.3 is 11.7 Å². The van der Waals surface area contributed by atoms with Crippen molar-refractivity contribution >= 4 is 45.4 Å². The van der Waals surface area contributed by atoms with Crippen molar-refractivity contribution in [2.24, 2.45) is 21.1 Å². The molecule has 30 heavy (non-hydrogen) atoms. The van der Waals surface area contributed by atoms with E-state index < -0.39 is 11.2 Å². The van der Waals surface area contributed by atoms with E-state index in [1.807, 2.05) is 0 Å². The summed E-state index contributed by atoms with van der Waals surface area (Å²) in [4.78, 5) is 41.0. The Morgan fingerprint density at radius 3 is 2.77 bits per heavy atom. The highest BCUT2D eigenvalue weighted by molar-refractivity contribution is 8.01. The highest BCUT2D eigenvalue weighted by Gasteiger charge is 2.20. The molecule has 4 heterocycles. The third-order valence-electron chi connectivity index (χ3n) is 4.75. The van der Waals surface area contributed by atoms with E-state index in [2.05, 4.69) is 25.8 Å². The van der Waals surface area contributed by atoms with Crippen molar-refractivity contribution in [3.05, 3.63) is 20.8 Å². The summed E-state index contributed by atoms with van der Waals surface area (Å²) in [6.45, 7) is 1.17. The Kier molecular flexibility index (Phi) is 5.62. The number of hydrogen-bond donors (Lipinski definition) is 2. The minimum atomic E-state index is -0.446. The number of amides is 2. The quantitative estimate of drug-likeness (QED) is 0.526. The monoisotopic (exact) mass is 452 g/mol. The molecule has 1 aliphatic rings. The van der Waals surface area contributed by atoms with Crippen molar-refractivity contribution < 1.29 is 9.53 Å². The van der Waals surface area contributed by atoms with E-state index in [-0.39, 0.29) is 12.1 Å². The van der Waals surface area contributed by atoms with Crippen molar-refractivity contribution in [2.75, 3.05) is 18.5 Å². The fraction of sp³-hybridized carbons (Fsp3) is 0.500. The third-order valence-corrected chi connectivity index (χ3v) is 6.69. The van der Waals surface area contributed by atoms with Crippen molar-refractivity contribution in [1.29, 1.82) is 0 Å². The Bertz CT molecular complexity index is 1220. The summed E-state index contributed by atoms with van der Waals surface area (Å²) in [6.07, 6.45) is 2.00. The number of nitrogens with one attached hydrogen (secondary N) is 2. The topological polar surface area (TPSA) is 138 Å². The van der Waals surface area contributed by atoms with Gasteiger partial charge in [-0.15, -0.1) is 10.2 Å². The Balaban J connectivity index is 1.48. The number of ether oxygens (including phenoxy) is 1. The maximum Gasteiger partial charge on any atom is 0.332 e. The van der Waals surface area contributed by atoms with Gasteiger partial charge < -0.3 is 14.6 Å². The maximum absolute atomic E-state index is 12.5. The van der Waals surface area contributed by atoms with Gasteiger partial charge in [0.05, 0.1) is 6.10 Å². The van der Waals surface area contributed by atoms with Crippen LogP contribution in [0.1, 0.15) is 12.8 Å². The first-order valence-electron chi connectivity index (χ1n) is 9.15. The molecule has 160 valence electrons. The minimum Gasteiger partial charge on any atom is -0.376 e. The molecule has 1 aliphatic heterocycles. The molecule has 0 aliphatic carbocycles. The fourth-order valence-electron chi connectivity index (χ4n) is 3.12. The second-order valence-corrected chi connectivity index (χ2v) is 8.97. The van der Waals surface area contributed by atoms with Crippen molar-refractivity contribution in [3.63, 3.8) is 0 Å². The van der Waals surface area contributed by atoms with Crippen molar-refractivity contribution in [3.8, 4) is 0 Å². The molecule has 1 fully saturated rings. The number of anilines is 1. The summed E-state index contributed by atoms with van der Waals surface area (Å²) in [6, 6.07) is -0.376. The van der Waals surface area contributed by atoms with Crippen LogP contribution < -0.4 is 21.9 Å². The van der Waals surface area contributed by atoms with Crippen molar-refractivity contribution in [1.82, 2.24) is 34.2 Å². The molecule has 0 bridgehead atoms. The Morgan fingerprint density at radius 2 is 2.03 bits per heavy atom. The number of rotatable bonds is 5. The molecule has 0 radical (unpaired) electrons. The van der Waals surface area contributed by atoms with Crippen LogP contribution in [0.5, 0.6) is 0 Å². The Morgan fingerprint density at radius 1 is 1.23 bits per heavy atom. The predicted molar refractivity (Wildman–Crippen MR) is 111 cm³/mol. The lowest BCUT2D eigenvalue weighted by Crippen LogP contribution is -2.37. The average molecular weight is 453 g/mol. The lowest BCUT2D eigenvalue weighted by molar-refractivity contribution is 0.112. The molecule has 1 saturated heterocycles. The first kappa shape index (κ1) is 20.6. The highest BCUT2D eigenvalue weighted by Crippen LogP contribution is 2.32. The number of nitrogens with zero attached hydrogens (tertiary/aromatic N) is 6. The van der Waals surface area contributed by atoms with Gasteiger partial charge in [0.15, 0.2) is 20.7 Å². The fourth-order valence-corrected chi connectivity index (χ4v) is 4.82. The summed E-state index contributed by atoms with van der Waals surface area (Å²) in [5, 5.41) is 14.2. The van der Waals surface area contributed by atoms with E-state index in [4.69, 9.17) is 4.74 Å². The zero-order chi connectivity index (χ0) is 21.4. The largest absolute Gasteiger partial charge is 0.376 e. The summed E-state index contributed by atoms with van der Waals surface area (Å²) < 4.78 is 9.98. The van der Waals surface area contributed by atoms with Gasteiger partial charge in [0.1, 0.15) is 0 Å². The Labute approximate surface area is 178 Å². The van der Waals surface area contributed by atoms with Gasteiger partial charge in [-0.3, -0.25) is 19.2 Å². The molecule has 1 unspecified atom stereocenters. The lowest BCUT2D eigenvalue weighted by Gasteiger charge is -2.10. The van der Waals surface area contributed by atoms with Crippen LogP contribution in [-0.2, 0) is 25.9 Å². The molecule has 14 heteroatoms. The van der Waals surface area contributed by atoms with Gasteiger partial charge in [0, 0.05) is 34.3 Å². The summed E-state index contributed by atoms with van der Waals surface area (Å²) in [5.74, 6) is 0. The van der Waals surface area contributed by atoms with Gasteiger partial charge in [-0.2, -0.15) is 0 Å². The summed E-state index contributed by atoms with van der Waals surface area (Å²) >= 11 is 2.37. The number of hydrogen-bond acceptors (Lipinski definition) is 9. The average Bonchev–Trinajstić information content (AvgIpc) is 3.45. The molecule has 0 aromatic carbocycles. The van der Waals surface area contributed by atoms with Crippen LogP contribution in [-0.4, -0.2) is 54.2 Å². The van der Waals surface area contributed by atoms with E-state index in [1.54, 1.807) is 18.7 Å². The molecule has 0 saturated carbocycles. The molecule has 2 amide bonds. The molecule has 0 spiro atoms. The number of carbonyl (C=O) groups is 1. The van der Waals surface area contributed by atoms with Gasteiger partial charge in [0.2, 0.25) is 5.13 Å². The molecule has 3 aromatic heterocycles. The smallest absolute Gasteiger partial charge is 0.332 e. The first-order chi connectivity index (χ1) is 14.3. The molecular weight excluding hydrogens is 432 g/mol. The standard InChI is InChI=1S/C16H20N8O4S2/c1-22-9-10(23(2)16(27)24(3)11(9)25)18-14(22)30-15-21-20-13(29-15)19-12(26)17-7-8-5-4-6-28-8/h8H,4-7H2,1-3H3,(H2,17,19,20,26). The van der Waals surface area contributed by atoms with Crippen LogP contribution in [0.3, 0.4) is 0 Å². The van der Waals surface area contributed by atoms with E-state index in [1.165, 1.54) is 34.7 Å². The molecular formula is C16H20N8O4S2. The van der Waals surface area contributed by atoms with Gasteiger partial charge in [0.25, 0.3) is 5.56 Å². The van der Waals surface area contributed by atoms with Crippen molar-refractivity contribution in [2.45, 2.75) is 28.4 Å². The summed E-state index contributed by atoms with van der Waals surface area (Å²) in [7, 11) is 4.69. The zero-order valence-corrected chi connectivity index (χ0v) is 18.2. The second kappa shape index (κ2) is 8.20. The van der Waals surface area contributed by atoms with E-state index in [9.17, 15) is 14.4 Å². The van der Waals surface area contributed by atoms with E-state index in [0.717, 1.165) is 24.0 Å². The predicted octanol–water partition coefficient (Wildman–Crippen LogP) is 0.274. The van der Waals surface area contributed by atoms with Crippen LogP contribution in [0.2, 0.25) is 0 Å². The second-order valence-electron chi connectivity index (χ2n) is 6.78. The van der Waals surface area contributed by atoms with Crippen LogP contribution in [0.15, 0.2) is 19.1 Å². The normalized spacial score (nSPS) is 16.3. The minimum absolute atomic E-state index is 0.0532. The van der Waals surface area contributed by atoms with Gasteiger partial charge in [-0.25, -0.2) is 14.6 Å². The number of carbonyl (C=O) groups excluding carboxylic acids is 1. The molecule has 4 rings (SSSR count). The number of imidazole rings is 1. The molecule has 12 nitrogen and oxygen atoms in total. The summed E-state index contributed by atoms with van der Waals surface area (Å²) in [5.41, 5.74) is -0.251. The number of fused-ring (bicyclic) bond motifs is 1.